The summed E-state index contributed by atoms with van der Waals surface area (Å²) in [5.41, 5.74) is 0.503. The molecule has 0 spiro atoms. The molecule has 96 valence electrons. The number of thioether (sulfide) groups is 1. The Morgan fingerprint density at radius 3 is 2.84 bits per heavy atom. The van der Waals surface area contributed by atoms with E-state index < -0.39 is 5.56 Å². The zero-order valence-corrected chi connectivity index (χ0v) is 12.9. The van der Waals surface area contributed by atoms with E-state index >= 15 is 0 Å². The number of halogens is 2. The molecule has 0 aliphatic carbocycles. The van der Waals surface area contributed by atoms with E-state index in [2.05, 4.69) is 25.9 Å². The number of rotatable bonds is 2. The van der Waals surface area contributed by atoms with Gasteiger partial charge in [-0.25, -0.2) is 4.98 Å². The monoisotopic (exact) mass is 355 g/mol. The number of H-pyrrole nitrogens is 1. The normalized spacial score (nSPS) is 10.2. The quantitative estimate of drug-likeness (QED) is 0.661. The van der Waals surface area contributed by atoms with Gasteiger partial charge in [0.15, 0.2) is 5.16 Å². The molecule has 2 rings (SSSR count). The van der Waals surface area contributed by atoms with Crippen molar-refractivity contribution in [2.45, 2.75) is 5.16 Å². The molecule has 7 heteroatoms. The second kappa shape index (κ2) is 5.78. The van der Waals surface area contributed by atoms with Crippen LogP contribution in [0.2, 0.25) is 5.02 Å². The van der Waals surface area contributed by atoms with Gasteiger partial charge < -0.3 is 4.98 Å². The van der Waals surface area contributed by atoms with E-state index in [9.17, 15) is 4.79 Å². The number of hydrogen-bond donors (Lipinski definition) is 1. The first kappa shape index (κ1) is 14.1. The van der Waals surface area contributed by atoms with Gasteiger partial charge in [0.2, 0.25) is 0 Å². The average molecular weight is 357 g/mol. The lowest BCUT2D eigenvalue weighted by Gasteiger charge is -2.06. The first-order chi connectivity index (χ1) is 9.06. The summed E-state index contributed by atoms with van der Waals surface area (Å²) >= 11 is 10.6. The van der Waals surface area contributed by atoms with E-state index in [1.54, 1.807) is 24.5 Å². The Morgan fingerprint density at radius 1 is 1.53 bits per heavy atom. The van der Waals surface area contributed by atoms with Gasteiger partial charge in [-0.05, 0) is 34.3 Å². The first-order valence-corrected chi connectivity index (χ1v) is 7.50. The lowest BCUT2D eigenvalue weighted by Crippen LogP contribution is -2.14. The molecule has 0 saturated heterocycles. The molecular formula is C12H7BrClN3OS. The molecule has 1 aromatic heterocycles. The summed E-state index contributed by atoms with van der Waals surface area (Å²) in [6.45, 7) is 0. The van der Waals surface area contributed by atoms with Crippen molar-refractivity contribution >= 4 is 39.3 Å². The van der Waals surface area contributed by atoms with Crippen LogP contribution in [0.25, 0.3) is 11.3 Å². The second-order valence-corrected chi connectivity index (χ2v) is 5.60. The van der Waals surface area contributed by atoms with Gasteiger partial charge in [0.25, 0.3) is 5.56 Å². The number of hydrogen-bond acceptors (Lipinski definition) is 4. The van der Waals surface area contributed by atoms with E-state index in [1.807, 2.05) is 6.07 Å². The Hall–Kier alpha value is -1.29. The predicted octanol–water partition coefficient (Wildman–Crippen LogP) is 3.45. The second-order valence-electron chi connectivity index (χ2n) is 3.54. The number of aromatic amines is 1. The van der Waals surface area contributed by atoms with Gasteiger partial charge in [-0.1, -0.05) is 29.4 Å². The molecule has 0 bridgehead atoms. The van der Waals surface area contributed by atoms with Crippen molar-refractivity contribution in [2.75, 3.05) is 6.26 Å². The van der Waals surface area contributed by atoms with Crippen molar-refractivity contribution in [1.29, 1.82) is 5.26 Å². The topological polar surface area (TPSA) is 69.5 Å². The Bertz CT molecular complexity index is 739. The van der Waals surface area contributed by atoms with Crippen LogP contribution in [0.3, 0.4) is 0 Å². The summed E-state index contributed by atoms with van der Waals surface area (Å²) in [4.78, 5) is 18.6. The molecule has 1 N–H and O–H groups in total. The van der Waals surface area contributed by atoms with Crippen LogP contribution >= 0.6 is 39.3 Å². The molecule has 1 heterocycles. The smallest absolute Gasteiger partial charge is 0.270 e. The van der Waals surface area contributed by atoms with Crippen molar-refractivity contribution in [3.63, 3.8) is 0 Å². The van der Waals surface area contributed by atoms with Crippen LogP contribution in [0.15, 0.2) is 32.6 Å². The third-order valence-corrected chi connectivity index (χ3v) is 4.21. The largest absolute Gasteiger partial charge is 0.300 e. The molecule has 0 saturated carbocycles. The van der Waals surface area contributed by atoms with Crippen LogP contribution in [-0.2, 0) is 0 Å². The Balaban J connectivity index is 2.73. The number of benzene rings is 1. The van der Waals surface area contributed by atoms with Crippen LogP contribution in [0.4, 0.5) is 0 Å². The van der Waals surface area contributed by atoms with Crippen LogP contribution in [0.1, 0.15) is 5.56 Å². The first-order valence-electron chi connectivity index (χ1n) is 5.10. The van der Waals surface area contributed by atoms with Crippen molar-refractivity contribution in [2.24, 2.45) is 0 Å². The number of nitriles is 1. The van der Waals surface area contributed by atoms with E-state index in [-0.39, 0.29) is 5.56 Å². The molecular weight excluding hydrogens is 350 g/mol. The maximum Gasteiger partial charge on any atom is 0.270 e. The van der Waals surface area contributed by atoms with Crippen LogP contribution in [0.5, 0.6) is 0 Å². The molecule has 1 aromatic carbocycles. The van der Waals surface area contributed by atoms with Gasteiger partial charge >= 0.3 is 0 Å². The van der Waals surface area contributed by atoms with E-state index in [1.165, 1.54) is 11.8 Å². The zero-order chi connectivity index (χ0) is 14.0. The molecule has 0 aliphatic heterocycles. The van der Waals surface area contributed by atoms with Gasteiger partial charge in [0, 0.05) is 10.0 Å². The van der Waals surface area contributed by atoms with E-state index in [4.69, 9.17) is 16.9 Å². The standard InChI is InChI=1S/C12H7BrClN3OS/c1-19-12-16-10(7(5-15)11(18)17-12)6-2-3-8(13)9(14)4-6/h2-4H,1H3,(H,16,17,18). The third kappa shape index (κ3) is 2.84. The maximum atomic E-state index is 11.8. The van der Waals surface area contributed by atoms with E-state index in [0.717, 1.165) is 4.47 Å². The molecule has 0 aliphatic rings. The molecule has 2 aromatic rings. The van der Waals surface area contributed by atoms with Gasteiger partial charge in [0.1, 0.15) is 11.6 Å². The van der Waals surface area contributed by atoms with Crippen LogP contribution in [-0.4, -0.2) is 16.2 Å². The Kier molecular flexibility index (Phi) is 4.30. The minimum absolute atomic E-state index is 0.0174. The van der Waals surface area contributed by atoms with Crippen molar-refractivity contribution in [1.82, 2.24) is 9.97 Å². The van der Waals surface area contributed by atoms with Crippen LogP contribution < -0.4 is 5.56 Å². The summed E-state index contributed by atoms with van der Waals surface area (Å²) in [7, 11) is 0. The highest BCUT2D eigenvalue weighted by atomic mass is 79.9. The zero-order valence-electron chi connectivity index (χ0n) is 9.70. The van der Waals surface area contributed by atoms with Gasteiger partial charge in [0.05, 0.1) is 10.7 Å². The molecule has 0 fully saturated rings. The summed E-state index contributed by atoms with van der Waals surface area (Å²) in [6.07, 6.45) is 1.79. The maximum absolute atomic E-state index is 11.8. The predicted molar refractivity (Wildman–Crippen MR) is 79.5 cm³/mol. The van der Waals surface area contributed by atoms with Crippen molar-refractivity contribution in [3.05, 3.63) is 43.6 Å². The fraction of sp³-hybridized carbons (Fsp3) is 0.0833. The number of nitrogens with one attached hydrogen (secondary N) is 1. The molecule has 4 nitrogen and oxygen atoms in total. The Morgan fingerprint density at radius 2 is 2.26 bits per heavy atom. The van der Waals surface area contributed by atoms with Crippen molar-refractivity contribution in [3.8, 4) is 17.3 Å². The van der Waals surface area contributed by atoms with Crippen molar-refractivity contribution < 1.29 is 0 Å². The van der Waals surface area contributed by atoms with Crippen LogP contribution in [0, 0.1) is 11.3 Å². The minimum atomic E-state index is -0.448. The fourth-order valence-electron chi connectivity index (χ4n) is 1.51. The number of nitrogens with zero attached hydrogens (tertiary/aromatic N) is 2. The SMILES string of the molecule is CSc1nc(-c2ccc(Br)c(Cl)c2)c(C#N)c(=O)[nH]1. The highest BCUT2D eigenvalue weighted by Gasteiger charge is 2.13. The lowest BCUT2D eigenvalue weighted by molar-refractivity contribution is 0.937. The Labute approximate surface area is 127 Å². The van der Waals surface area contributed by atoms with E-state index in [0.29, 0.717) is 21.4 Å². The molecule has 0 amide bonds. The summed E-state index contributed by atoms with van der Waals surface area (Å²) in [5.74, 6) is 0. The molecule has 19 heavy (non-hydrogen) atoms. The molecule has 0 atom stereocenters. The minimum Gasteiger partial charge on any atom is -0.300 e. The van der Waals surface area contributed by atoms with Gasteiger partial charge in [-0.3, -0.25) is 4.79 Å². The van der Waals surface area contributed by atoms with Gasteiger partial charge in [-0.15, -0.1) is 0 Å². The van der Waals surface area contributed by atoms with Gasteiger partial charge in [-0.2, -0.15) is 5.26 Å². The third-order valence-electron chi connectivity index (χ3n) is 2.40. The average Bonchev–Trinajstić information content (AvgIpc) is 2.41. The summed E-state index contributed by atoms with van der Waals surface area (Å²) < 4.78 is 0.742. The molecule has 0 radical (unpaired) electrons. The number of aromatic nitrogens is 2. The highest BCUT2D eigenvalue weighted by molar-refractivity contribution is 9.10. The highest BCUT2D eigenvalue weighted by Crippen LogP contribution is 2.29. The summed E-state index contributed by atoms with van der Waals surface area (Å²) in [5, 5.41) is 10.0. The summed E-state index contributed by atoms with van der Waals surface area (Å²) in [6, 6.07) is 7.05. The molecule has 0 unspecified atom stereocenters. The fourth-order valence-corrected chi connectivity index (χ4v) is 2.31. The lowest BCUT2D eigenvalue weighted by atomic mass is 10.1.